The number of ether oxygens (including phenoxy) is 2. The SMILES string of the molecule is COc1cc(/C=C2\C(=O)NC(=O)N(c3ccc(OCc4ccccc4)cc3)C2=O)cc(I)c1OS(=O)(=O)c1ccc(Cl)cc1. The Labute approximate surface area is 271 Å². The number of anilines is 1. The van der Waals surface area contributed by atoms with Crippen LogP contribution in [-0.4, -0.2) is 33.4 Å². The molecule has 0 aliphatic carbocycles. The van der Waals surface area contributed by atoms with E-state index in [-0.39, 0.29) is 27.7 Å². The Kier molecular flexibility index (Phi) is 9.22. The normalized spacial score (nSPS) is 14.4. The van der Waals surface area contributed by atoms with E-state index in [0.29, 0.717) is 26.5 Å². The largest absolute Gasteiger partial charge is 0.493 e. The van der Waals surface area contributed by atoms with Gasteiger partial charge in [-0.3, -0.25) is 14.9 Å². The van der Waals surface area contributed by atoms with Gasteiger partial charge in [0.15, 0.2) is 11.5 Å². The minimum atomic E-state index is -4.24. The smallest absolute Gasteiger partial charge is 0.339 e. The Balaban J connectivity index is 1.38. The van der Waals surface area contributed by atoms with E-state index in [0.717, 1.165) is 10.5 Å². The topological polar surface area (TPSA) is 128 Å². The van der Waals surface area contributed by atoms with Crippen molar-refractivity contribution < 1.29 is 36.5 Å². The number of benzene rings is 4. The third-order valence-corrected chi connectivity index (χ3v) is 8.59. The number of barbiturate groups is 1. The summed E-state index contributed by atoms with van der Waals surface area (Å²) in [7, 11) is -2.92. The first-order chi connectivity index (χ1) is 21.1. The van der Waals surface area contributed by atoms with Gasteiger partial charge in [-0.25, -0.2) is 9.69 Å². The van der Waals surface area contributed by atoms with Crippen LogP contribution >= 0.6 is 34.2 Å². The Hall–Kier alpha value is -4.40. The summed E-state index contributed by atoms with van der Waals surface area (Å²) in [6, 6.07) is 23.3. The number of amides is 4. The lowest BCUT2D eigenvalue weighted by Gasteiger charge is -2.26. The highest BCUT2D eigenvalue weighted by molar-refractivity contribution is 14.1. The van der Waals surface area contributed by atoms with E-state index in [9.17, 15) is 22.8 Å². The Morgan fingerprint density at radius 1 is 0.932 bits per heavy atom. The molecule has 1 aliphatic heterocycles. The highest BCUT2D eigenvalue weighted by Gasteiger charge is 2.37. The van der Waals surface area contributed by atoms with Crippen LogP contribution in [0.25, 0.3) is 6.08 Å². The number of carbonyl (C=O) groups excluding carboxylic acids is 3. The lowest BCUT2D eigenvalue weighted by molar-refractivity contribution is -0.122. The molecule has 4 aromatic carbocycles. The van der Waals surface area contributed by atoms with Gasteiger partial charge in [-0.2, -0.15) is 8.42 Å². The van der Waals surface area contributed by atoms with Crippen LogP contribution in [0.5, 0.6) is 17.2 Å². The second-order valence-electron chi connectivity index (χ2n) is 9.25. The van der Waals surface area contributed by atoms with Gasteiger partial charge in [0.25, 0.3) is 11.8 Å². The highest BCUT2D eigenvalue weighted by atomic mass is 127. The van der Waals surface area contributed by atoms with Crippen LogP contribution in [0.3, 0.4) is 0 Å². The highest BCUT2D eigenvalue weighted by Crippen LogP contribution is 2.37. The molecule has 1 N–H and O–H groups in total. The molecule has 5 rings (SSSR count). The molecule has 0 bridgehead atoms. The van der Waals surface area contributed by atoms with Crippen molar-refractivity contribution in [1.82, 2.24) is 5.32 Å². The summed E-state index contributed by atoms with van der Waals surface area (Å²) >= 11 is 7.71. The van der Waals surface area contributed by atoms with Gasteiger partial charge in [-0.05, 0) is 100 Å². The summed E-state index contributed by atoms with van der Waals surface area (Å²) in [6.07, 6.45) is 1.27. The van der Waals surface area contributed by atoms with Gasteiger partial charge < -0.3 is 13.7 Å². The van der Waals surface area contributed by atoms with Gasteiger partial charge in [0, 0.05) is 5.02 Å². The molecule has 13 heteroatoms. The minimum Gasteiger partial charge on any atom is -0.493 e. The maximum absolute atomic E-state index is 13.4. The van der Waals surface area contributed by atoms with E-state index in [2.05, 4.69) is 5.32 Å². The molecule has 0 atom stereocenters. The van der Waals surface area contributed by atoms with Crippen molar-refractivity contribution in [3.05, 3.63) is 116 Å². The Morgan fingerprint density at radius 2 is 1.61 bits per heavy atom. The number of hydrogen-bond donors (Lipinski definition) is 1. The summed E-state index contributed by atoms with van der Waals surface area (Å²) in [5.74, 6) is -1.27. The van der Waals surface area contributed by atoms with Gasteiger partial charge in [0.05, 0.1) is 16.4 Å². The zero-order valence-electron chi connectivity index (χ0n) is 22.8. The van der Waals surface area contributed by atoms with Crippen LogP contribution < -0.4 is 23.9 Å². The van der Waals surface area contributed by atoms with Crippen LogP contribution in [0, 0.1) is 3.57 Å². The molecule has 4 amide bonds. The molecule has 1 heterocycles. The van der Waals surface area contributed by atoms with Crippen LogP contribution in [0.15, 0.2) is 101 Å². The molecule has 0 radical (unpaired) electrons. The molecule has 224 valence electrons. The first kappa shape index (κ1) is 31.0. The molecular formula is C31H22ClIN2O8S. The van der Waals surface area contributed by atoms with E-state index in [1.165, 1.54) is 61.7 Å². The van der Waals surface area contributed by atoms with Crippen molar-refractivity contribution in [2.24, 2.45) is 0 Å². The number of urea groups is 1. The van der Waals surface area contributed by atoms with Crippen LogP contribution in [0.1, 0.15) is 11.1 Å². The molecule has 0 aromatic heterocycles. The molecule has 0 saturated carbocycles. The molecule has 4 aromatic rings. The number of nitrogens with one attached hydrogen (secondary N) is 1. The fraction of sp³-hybridized carbons (Fsp3) is 0.0645. The van der Waals surface area contributed by atoms with Crippen molar-refractivity contribution in [1.29, 1.82) is 0 Å². The molecule has 0 unspecified atom stereocenters. The summed E-state index contributed by atoms with van der Waals surface area (Å²) in [4.78, 5) is 39.6. The van der Waals surface area contributed by atoms with E-state index in [1.54, 1.807) is 12.1 Å². The number of rotatable bonds is 9. The van der Waals surface area contributed by atoms with Gasteiger partial charge in [0.1, 0.15) is 22.8 Å². The van der Waals surface area contributed by atoms with Crippen LogP contribution in [0.2, 0.25) is 5.02 Å². The van der Waals surface area contributed by atoms with Gasteiger partial charge in [-0.15, -0.1) is 0 Å². The van der Waals surface area contributed by atoms with Crippen molar-refractivity contribution in [2.75, 3.05) is 12.0 Å². The van der Waals surface area contributed by atoms with Gasteiger partial charge in [-0.1, -0.05) is 41.9 Å². The summed E-state index contributed by atoms with van der Waals surface area (Å²) in [6.45, 7) is 0.337. The van der Waals surface area contributed by atoms with Gasteiger partial charge >= 0.3 is 16.1 Å². The zero-order chi connectivity index (χ0) is 31.4. The molecule has 1 aliphatic rings. The number of halogens is 2. The van der Waals surface area contributed by atoms with E-state index in [1.807, 2.05) is 52.9 Å². The average molecular weight is 745 g/mol. The second-order valence-corrected chi connectivity index (χ2v) is 12.4. The van der Waals surface area contributed by atoms with E-state index in [4.69, 9.17) is 25.3 Å². The van der Waals surface area contributed by atoms with Crippen molar-refractivity contribution >= 4 is 73.9 Å². The molecule has 44 heavy (non-hydrogen) atoms. The summed E-state index contributed by atoms with van der Waals surface area (Å²) < 4.78 is 42.6. The number of imide groups is 2. The zero-order valence-corrected chi connectivity index (χ0v) is 26.6. The fourth-order valence-electron chi connectivity index (χ4n) is 4.15. The lowest BCUT2D eigenvalue weighted by atomic mass is 10.1. The third-order valence-electron chi connectivity index (χ3n) is 6.30. The van der Waals surface area contributed by atoms with Gasteiger partial charge in [0.2, 0.25) is 0 Å². The maximum Gasteiger partial charge on any atom is 0.339 e. The van der Waals surface area contributed by atoms with Crippen molar-refractivity contribution in [2.45, 2.75) is 11.5 Å². The summed E-state index contributed by atoms with van der Waals surface area (Å²) in [5, 5.41) is 2.54. The summed E-state index contributed by atoms with van der Waals surface area (Å²) in [5.41, 5.74) is 1.19. The Morgan fingerprint density at radius 3 is 2.27 bits per heavy atom. The lowest BCUT2D eigenvalue weighted by Crippen LogP contribution is -2.54. The third kappa shape index (κ3) is 6.87. The standard InChI is InChI=1S/C31H22ClIN2O8S/c1-41-27-17-20(16-26(33)28(27)43-44(39,40)24-13-7-21(32)8-14-24)15-25-29(36)34-31(38)35(30(25)37)22-9-11-23(12-10-22)42-18-19-5-3-2-4-6-19/h2-17H,18H2,1H3,(H,34,36,38)/b25-15+. The fourth-order valence-corrected chi connectivity index (χ4v) is 6.12. The number of methoxy groups -OCH3 is 1. The first-order valence-corrected chi connectivity index (χ1v) is 15.7. The predicted molar refractivity (Wildman–Crippen MR) is 171 cm³/mol. The predicted octanol–water partition coefficient (Wildman–Crippen LogP) is 5.97. The Bertz CT molecular complexity index is 1880. The maximum atomic E-state index is 13.4. The number of carbonyl (C=O) groups is 3. The molecular weight excluding hydrogens is 723 g/mol. The van der Waals surface area contributed by atoms with Crippen LogP contribution in [0.4, 0.5) is 10.5 Å². The number of nitrogens with zero attached hydrogens (tertiary/aromatic N) is 1. The van der Waals surface area contributed by atoms with Crippen molar-refractivity contribution in [3.63, 3.8) is 0 Å². The molecule has 0 spiro atoms. The molecule has 10 nitrogen and oxygen atoms in total. The minimum absolute atomic E-state index is 0.0315. The average Bonchev–Trinajstić information content (AvgIpc) is 3.00. The van der Waals surface area contributed by atoms with Crippen molar-refractivity contribution in [3.8, 4) is 17.2 Å². The second kappa shape index (κ2) is 13.1. The molecule has 1 saturated heterocycles. The van der Waals surface area contributed by atoms with Crippen LogP contribution in [-0.2, 0) is 26.3 Å². The monoisotopic (exact) mass is 744 g/mol. The quantitative estimate of drug-likeness (QED) is 0.0962. The van der Waals surface area contributed by atoms with E-state index >= 15 is 0 Å². The number of hydrogen-bond acceptors (Lipinski definition) is 8. The molecule has 1 fully saturated rings. The first-order valence-electron chi connectivity index (χ1n) is 12.8. The van der Waals surface area contributed by atoms with E-state index < -0.39 is 28.0 Å².